The molecular formula is C11H13N3O2. The topological polar surface area (TPSA) is 84.2 Å². The molecule has 2 amide bonds. The van der Waals surface area contributed by atoms with Crippen LogP contribution in [0.4, 0.5) is 5.69 Å². The maximum Gasteiger partial charge on any atom is 0.246 e. The largest absolute Gasteiger partial charge is 0.369 e. The zero-order chi connectivity index (χ0) is 11.7. The third-order valence-electron chi connectivity index (χ3n) is 2.61. The number of rotatable bonds is 3. The summed E-state index contributed by atoms with van der Waals surface area (Å²) < 4.78 is 0. The van der Waals surface area contributed by atoms with Crippen LogP contribution >= 0.6 is 0 Å². The molecule has 2 rings (SSSR count). The van der Waals surface area contributed by atoms with Gasteiger partial charge < -0.3 is 11.1 Å². The average Bonchev–Trinajstić information content (AvgIpc) is 2.53. The molecule has 16 heavy (non-hydrogen) atoms. The van der Waals surface area contributed by atoms with E-state index in [0.717, 1.165) is 16.8 Å². The SMILES string of the molecule is Cc1cccc2c1NC(=O)C2NCC(N)=O. The van der Waals surface area contributed by atoms with Gasteiger partial charge in [-0.15, -0.1) is 0 Å². The van der Waals surface area contributed by atoms with Crippen LogP contribution < -0.4 is 16.4 Å². The number of aryl methyl sites for hydroxylation is 1. The molecule has 0 bridgehead atoms. The molecule has 1 unspecified atom stereocenters. The van der Waals surface area contributed by atoms with Gasteiger partial charge in [0.05, 0.1) is 6.54 Å². The molecule has 0 saturated carbocycles. The summed E-state index contributed by atoms with van der Waals surface area (Å²) in [6.45, 7) is 1.92. The second kappa shape index (κ2) is 3.94. The number of nitrogens with two attached hydrogens (primary N) is 1. The van der Waals surface area contributed by atoms with Crippen LogP contribution in [-0.2, 0) is 9.59 Å². The van der Waals surface area contributed by atoms with Crippen LogP contribution in [0.1, 0.15) is 17.2 Å². The number of benzene rings is 1. The molecule has 0 aromatic heterocycles. The number of carbonyl (C=O) groups is 2. The highest BCUT2D eigenvalue weighted by Gasteiger charge is 2.30. The van der Waals surface area contributed by atoms with Gasteiger partial charge in [0.2, 0.25) is 11.8 Å². The van der Waals surface area contributed by atoms with Crippen LogP contribution in [0.3, 0.4) is 0 Å². The number of carbonyl (C=O) groups excluding carboxylic acids is 2. The quantitative estimate of drug-likeness (QED) is 0.672. The molecule has 84 valence electrons. The smallest absolute Gasteiger partial charge is 0.246 e. The molecule has 1 aromatic rings. The van der Waals surface area contributed by atoms with E-state index in [0.29, 0.717) is 0 Å². The summed E-state index contributed by atoms with van der Waals surface area (Å²) in [5.74, 6) is -0.626. The van der Waals surface area contributed by atoms with Gasteiger partial charge in [0.25, 0.3) is 0 Å². The lowest BCUT2D eigenvalue weighted by Gasteiger charge is -2.09. The predicted octanol–water partition coefficient (Wildman–Crippen LogP) is 0.0631. The maximum absolute atomic E-state index is 11.7. The van der Waals surface area contributed by atoms with Crippen LogP contribution in [0.25, 0.3) is 0 Å². The van der Waals surface area contributed by atoms with Crippen LogP contribution in [-0.4, -0.2) is 18.4 Å². The molecule has 0 saturated heterocycles. The zero-order valence-electron chi connectivity index (χ0n) is 8.91. The van der Waals surface area contributed by atoms with E-state index >= 15 is 0 Å². The number of primary amides is 1. The summed E-state index contributed by atoms with van der Waals surface area (Å²) in [6, 6.07) is 5.18. The van der Waals surface area contributed by atoms with Crippen molar-refractivity contribution in [3.63, 3.8) is 0 Å². The van der Waals surface area contributed by atoms with E-state index in [2.05, 4.69) is 10.6 Å². The van der Waals surface area contributed by atoms with Crippen molar-refractivity contribution in [2.24, 2.45) is 5.73 Å². The van der Waals surface area contributed by atoms with Crippen molar-refractivity contribution in [1.82, 2.24) is 5.32 Å². The Kier molecular flexibility index (Phi) is 2.62. The van der Waals surface area contributed by atoms with Gasteiger partial charge in [-0.1, -0.05) is 18.2 Å². The van der Waals surface area contributed by atoms with Crippen LogP contribution in [0.2, 0.25) is 0 Å². The van der Waals surface area contributed by atoms with Gasteiger partial charge in [0.15, 0.2) is 0 Å². The fourth-order valence-corrected chi connectivity index (χ4v) is 1.84. The molecule has 1 atom stereocenters. The summed E-state index contributed by atoms with van der Waals surface area (Å²) in [5.41, 5.74) is 7.74. The van der Waals surface area contributed by atoms with Gasteiger partial charge in [0, 0.05) is 11.3 Å². The average molecular weight is 219 g/mol. The lowest BCUT2D eigenvalue weighted by Crippen LogP contribution is -2.34. The molecule has 1 aliphatic rings. The standard InChI is InChI=1S/C11H13N3O2/c1-6-3-2-4-7-9(6)14-11(16)10(7)13-5-8(12)15/h2-4,10,13H,5H2,1H3,(H2,12,15)(H,14,16). The lowest BCUT2D eigenvalue weighted by atomic mass is 10.1. The summed E-state index contributed by atoms with van der Waals surface area (Å²) in [5, 5.41) is 5.61. The molecule has 0 radical (unpaired) electrons. The predicted molar refractivity (Wildman–Crippen MR) is 59.7 cm³/mol. The molecule has 1 aliphatic heterocycles. The Morgan fingerprint density at radius 2 is 2.31 bits per heavy atom. The first-order chi connectivity index (χ1) is 7.59. The number of para-hydroxylation sites is 1. The van der Waals surface area contributed by atoms with E-state index < -0.39 is 11.9 Å². The third kappa shape index (κ3) is 1.77. The minimum atomic E-state index is -0.484. The fourth-order valence-electron chi connectivity index (χ4n) is 1.84. The van der Waals surface area contributed by atoms with Crippen molar-refractivity contribution in [2.75, 3.05) is 11.9 Å². The summed E-state index contributed by atoms with van der Waals surface area (Å²) in [6.07, 6.45) is 0. The van der Waals surface area contributed by atoms with Gasteiger partial charge >= 0.3 is 0 Å². The Labute approximate surface area is 93.0 Å². The Morgan fingerprint density at radius 3 is 3.00 bits per heavy atom. The van der Waals surface area contributed by atoms with Gasteiger partial charge in [-0.05, 0) is 12.5 Å². The molecule has 5 heteroatoms. The highest BCUT2D eigenvalue weighted by atomic mass is 16.2. The highest BCUT2D eigenvalue weighted by Crippen LogP contribution is 2.32. The molecule has 0 fully saturated rings. The van der Waals surface area contributed by atoms with E-state index in [-0.39, 0.29) is 12.5 Å². The number of amides is 2. The first kappa shape index (κ1) is 10.6. The van der Waals surface area contributed by atoms with Gasteiger partial charge in [-0.2, -0.15) is 0 Å². The second-order valence-corrected chi connectivity index (χ2v) is 3.81. The lowest BCUT2D eigenvalue weighted by molar-refractivity contribution is -0.119. The van der Waals surface area contributed by atoms with Crippen molar-refractivity contribution >= 4 is 17.5 Å². The van der Waals surface area contributed by atoms with Gasteiger partial charge in [-0.3, -0.25) is 14.9 Å². The maximum atomic E-state index is 11.7. The van der Waals surface area contributed by atoms with Crippen molar-refractivity contribution < 1.29 is 9.59 Å². The minimum absolute atomic E-state index is 0.00846. The molecular weight excluding hydrogens is 206 g/mol. The number of hydrogen-bond acceptors (Lipinski definition) is 3. The minimum Gasteiger partial charge on any atom is -0.369 e. The Balaban J connectivity index is 2.26. The van der Waals surface area contributed by atoms with Crippen molar-refractivity contribution in [3.05, 3.63) is 29.3 Å². The van der Waals surface area contributed by atoms with Crippen molar-refractivity contribution in [2.45, 2.75) is 13.0 Å². The second-order valence-electron chi connectivity index (χ2n) is 3.81. The first-order valence-electron chi connectivity index (χ1n) is 5.01. The normalized spacial score (nSPS) is 18.1. The van der Waals surface area contributed by atoms with Crippen molar-refractivity contribution in [3.8, 4) is 0 Å². The van der Waals surface area contributed by atoms with E-state index in [4.69, 9.17) is 5.73 Å². The highest BCUT2D eigenvalue weighted by molar-refractivity contribution is 6.03. The Morgan fingerprint density at radius 1 is 1.56 bits per heavy atom. The van der Waals surface area contributed by atoms with Gasteiger partial charge in [0.1, 0.15) is 6.04 Å². The van der Waals surface area contributed by atoms with Crippen molar-refractivity contribution in [1.29, 1.82) is 0 Å². The Hall–Kier alpha value is -1.88. The number of hydrogen-bond donors (Lipinski definition) is 3. The first-order valence-corrected chi connectivity index (χ1v) is 5.01. The van der Waals surface area contributed by atoms with Crippen LogP contribution in [0.5, 0.6) is 0 Å². The Bertz CT molecular complexity index is 457. The van der Waals surface area contributed by atoms with Crippen LogP contribution in [0.15, 0.2) is 18.2 Å². The van der Waals surface area contributed by atoms with E-state index in [1.54, 1.807) is 0 Å². The fraction of sp³-hybridized carbons (Fsp3) is 0.273. The third-order valence-corrected chi connectivity index (χ3v) is 2.61. The monoisotopic (exact) mass is 219 g/mol. The summed E-state index contributed by atoms with van der Waals surface area (Å²) in [4.78, 5) is 22.3. The van der Waals surface area contributed by atoms with E-state index in [9.17, 15) is 9.59 Å². The number of fused-ring (bicyclic) bond motifs is 1. The summed E-state index contributed by atoms with van der Waals surface area (Å²) in [7, 11) is 0. The van der Waals surface area contributed by atoms with Gasteiger partial charge in [-0.25, -0.2) is 0 Å². The summed E-state index contributed by atoms with van der Waals surface area (Å²) >= 11 is 0. The molecule has 0 spiro atoms. The van der Waals surface area contributed by atoms with E-state index in [1.165, 1.54) is 0 Å². The van der Waals surface area contributed by atoms with E-state index in [1.807, 2.05) is 25.1 Å². The number of nitrogens with one attached hydrogen (secondary N) is 2. The molecule has 0 aliphatic carbocycles. The molecule has 4 N–H and O–H groups in total. The molecule has 1 aromatic carbocycles. The molecule has 1 heterocycles. The molecule has 5 nitrogen and oxygen atoms in total. The number of anilines is 1. The zero-order valence-corrected chi connectivity index (χ0v) is 8.91. The van der Waals surface area contributed by atoms with Crippen LogP contribution in [0, 0.1) is 6.92 Å².